The molecule has 1 heterocycles. The van der Waals surface area contributed by atoms with Crippen LogP contribution in [0.1, 0.15) is 4.88 Å². The first-order chi connectivity index (χ1) is 3.83. The van der Waals surface area contributed by atoms with Crippen molar-refractivity contribution in [1.82, 2.24) is 4.37 Å². The third-order valence-corrected chi connectivity index (χ3v) is 1.49. The van der Waals surface area contributed by atoms with Crippen molar-refractivity contribution in [3.63, 3.8) is 0 Å². The Balaban J connectivity index is 2.84. The Morgan fingerprint density at radius 3 is 2.75 bits per heavy atom. The van der Waals surface area contributed by atoms with Crippen LogP contribution in [0.4, 0.5) is 0 Å². The van der Waals surface area contributed by atoms with E-state index in [0.29, 0.717) is 5.88 Å². The number of hydrogen-bond acceptors (Lipinski definition) is 3. The molecule has 0 saturated carbocycles. The zero-order valence-corrected chi connectivity index (χ0v) is 5.66. The van der Waals surface area contributed by atoms with E-state index < -0.39 is 0 Å². The standard InChI is InChI=1S/C5H7NOS/c1-4-3-5(7-2)6-8-4/h3H,1-2H3. The zero-order chi connectivity index (χ0) is 5.98. The second kappa shape index (κ2) is 2.13. The highest BCUT2D eigenvalue weighted by Crippen LogP contribution is 2.13. The topological polar surface area (TPSA) is 22.1 Å². The van der Waals surface area contributed by atoms with E-state index >= 15 is 0 Å². The molecular weight excluding hydrogens is 122 g/mol. The lowest BCUT2D eigenvalue weighted by molar-refractivity contribution is 0.402. The lowest BCUT2D eigenvalue weighted by Gasteiger charge is -1.85. The van der Waals surface area contributed by atoms with E-state index in [1.807, 2.05) is 13.0 Å². The first-order valence-corrected chi connectivity index (χ1v) is 3.07. The lowest BCUT2D eigenvalue weighted by Crippen LogP contribution is -1.78. The molecule has 0 fully saturated rings. The summed E-state index contributed by atoms with van der Waals surface area (Å²) in [6, 6.07) is 1.91. The third kappa shape index (κ3) is 0.980. The number of nitrogens with zero attached hydrogens (tertiary/aromatic N) is 1. The highest BCUT2D eigenvalue weighted by Gasteiger charge is 1.92. The molecule has 0 spiro atoms. The summed E-state index contributed by atoms with van der Waals surface area (Å²) in [4.78, 5) is 1.18. The van der Waals surface area contributed by atoms with Gasteiger partial charge in [0.1, 0.15) is 0 Å². The van der Waals surface area contributed by atoms with Gasteiger partial charge in [-0.3, -0.25) is 0 Å². The summed E-state index contributed by atoms with van der Waals surface area (Å²) in [5, 5.41) is 0. The van der Waals surface area contributed by atoms with Crippen molar-refractivity contribution in [2.24, 2.45) is 0 Å². The first-order valence-electron chi connectivity index (χ1n) is 2.30. The van der Waals surface area contributed by atoms with Crippen molar-refractivity contribution in [2.75, 3.05) is 7.11 Å². The maximum Gasteiger partial charge on any atom is 0.225 e. The van der Waals surface area contributed by atoms with Gasteiger partial charge in [-0.2, -0.15) is 4.37 Å². The largest absolute Gasteiger partial charge is 0.480 e. The Bertz CT molecular complexity index is 173. The molecule has 0 aliphatic heterocycles. The molecule has 1 aromatic heterocycles. The van der Waals surface area contributed by atoms with Crippen molar-refractivity contribution in [2.45, 2.75) is 6.92 Å². The molecule has 1 rings (SSSR count). The molecule has 0 aliphatic carbocycles. The summed E-state index contributed by atoms with van der Waals surface area (Å²) >= 11 is 1.45. The van der Waals surface area contributed by atoms with Gasteiger partial charge in [-0.1, -0.05) is 0 Å². The minimum atomic E-state index is 0.715. The molecule has 0 aliphatic rings. The molecule has 0 aromatic carbocycles. The zero-order valence-electron chi connectivity index (χ0n) is 4.84. The Morgan fingerprint density at radius 1 is 1.75 bits per heavy atom. The average molecular weight is 129 g/mol. The SMILES string of the molecule is COc1cc(C)sn1. The molecule has 0 radical (unpaired) electrons. The van der Waals surface area contributed by atoms with Crippen molar-refractivity contribution in [3.05, 3.63) is 10.9 Å². The second-order valence-corrected chi connectivity index (χ2v) is 2.49. The van der Waals surface area contributed by atoms with Gasteiger partial charge >= 0.3 is 0 Å². The van der Waals surface area contributed by atoms with E-state index in [1.54, 1.807) is 7.11 Å². The minimum Gasteiger partial charge on any atom is -0.480 e. The predicted molar refractivity (Wildman–Crippen MR) is 33.4 cm³/mol. The molecule has 0 N–H and O–H groups in total. The summed E-state index contributed by atoms with van der Waals surface area (Å²) in [5.74, 6) is 0.715. The average Bonchev–Trinajstić information content (AvgIpc) is 2.14. The van der Waals surface area contributed by atoms with E-state index in [-0.39, 0.29) is 0 Å². The van der Waals surface area contributed by atoms with Crippen molar-refractivity contribution >= 4 is 11.5 Å². The van der Waals surface area contributed by atoms with Crippen LogP contribution in [0.2, 0.25) is 0 Å². The second-order valence-electron chi connectivity index (χ2n) is 1.48. The number of hydrogen-bond donors (Lipinski definition) is 0. The smallest absolute Gasteiger partial charge is 0.225 e. The summed E-state index contributed by atoms with van der Waals surface area (Å²) in [6.45, 7) is 2.00. The third-order valence-electron chi connectivity index (χ3n) is 0.815. The fraction of sp³-hybridized carbons (Fsp3) is 0.400. The molecule has 0 amide bonds. The molecule has 44 valence electrons. The van der Waals surface area contributed by atoms with Gasteiger partial charge in [0, 0.05) is 10.9 Å². The molecule has 2 nitrogen and oxygen atoms in total. The molecule has 0 bridgehead atoms. The fourth-order valence-electron chi connectivity index (χ4n) is 0.440. The van der Waals surface area contributed by atoms with Crippen molar-refractivity contribution in [3.8, 4) is 5.88 Å². The monoisotopic (exact) mass is 129 g/mol. The van der Waals surface area contributed by atoms with Gasteiger partial charge < -0.3 is 4.74 Å². The summed E-state index contributed by atoms with van der Waals surface area (Å²) in [6.07, 6.45) is 0. The number of methoxy groups -OCH3 is 1. The fourth-order valence-corrected chi connectivity index (χ4v) is 0.954. The number of aromatic nitrogens is 1. The van der Waals surface area contributed by atoms with Crippen molar-refractivity contribution < 1.29 is 4.74 Å². The van der Waals surface area contributed by atoms with Gasteiger partial charge in [0.2, 0.25) is 5.88 Å². The summed E-state index contributed by atoms with van der Waals surface area (Å²) in [5.41, 5.74) is 0. The Morgan fingerprint density at radius 2 is 2.50 bits per heavy atom. The molecule has 0 saturated heterocycles. The Labute approximate surface area is 52.3 Å². The molecule has 3 heteroatoms. The van der Waals surface area contributed by atoms with Gasteiger partial charge in [0.25, 0.3) is 0 Å². The van der Waals surface area contributed by atoms with Gasteiger partial charge in [0.05, 0.1) is 7.11 Å². The van der Waals surface area contributed by atoms with Crippen LogP contribution in [0.5, 0.6) is 5.88 Å². The molecule has 0 atom stereocenters. The van der Waals surface area contributed by atoms with Crippen molar-refractivity contribution in [1.29, 1.82) is 0 Å². The van der Waals surface area contributed by atoms with E-state index in [1.165, 1.54) is 16.4 Å². The molecule has 1 aromatic rings. The number of ether oxygens (including phenoxy) is 1. The maximum absolute atomic E-state index is 4.83. The minimum absolute atomic E-state index is 0.715. The Hall–Kier alpha value is -0.570. The van der Waals surface area contributed by atoms with E-state index in [2.05, 4.69) is 4.37 Å². The van der Waals surface area contributed by atoms with Crippen LogP contribution >= 0.6 is 11.5 Å². The van der Waals surface area contributed by atoms with Crippen LogP contribution in [0, 0.1) is 6.92 Å². The predicted octanol–water partition coefficient (Wildman–Crippen LogP) is 1.46. The summed E-state index contributed by atoms with van der Waals surface area (Å²) < 4.78 is 8.79. The van der Waals surface area contributed by atoms with Crippen LogP contribution in [0.25, 0.3) is 0 Å². The number of rotatable bonds is 1. The molecular formula is C5H7NOS. The highest BCUT2D eigenvalue weighted by molar-refractivity contribution is 7.05. The first kappa shape index (κ1) is 5.56. The van der Waals surface area contributed by atoms with Gasteiger partial charge in [-0.25, -0.2) is 0 Å². The lowest BCUT2D eigenvalue weighted by atomic mass is 10.5. The van der Waals surface area contributed by atoms with Gasteiger partial charge in [-0.05, 0) is 18.5 Å². The van der Waals surface area contributed by atoms with E-state index in [0.717, 1.165) is 0 Å². The maximum atomic E-state index is 4.83. The number of aryl methyl sites for hydroxylation is 1. The van der Waals surface area contributed by atoms with Crippen LogP contribution < -0.4 is 4.74 Å². The molecule has 8 heavy (non-hydrogen) atoms. The van der Waals surface area contributed by atoms with Crippen LogP contribution in [-0.4, -0.2) is 11.5 Å². The van der Waals surface area contributed by atoms with E-state index in [4.69, 9.17) is 4.74 Å². The quantitative estimate of drug-likeness (QED) is 0.572. The van der Waals surface area contributed by atoms with Gasteiger partial charge in [0.15, 0.2) is 0 Å². The van der Waals surface area contributed by atoms with Crippen LogP contribution in [-0.2, 0) is 0 Å². The van der Waals surface area contributed by atoms with Crippen LogP contribution in [0.15, 0.2) is 6.07 Å². The Kier molecular flexibility index (Phi) is 1.48. The normalized spacial score (nSPS) is 9.25. The highest BCUT2D eigenvalue weighted by atomic mass is 32.1. The van der Waals surface area contributed by atoms with E-state index in [9.17, 15) is 0 Å². The summed E-state index contributed by atoms with van der Waals surface area (Å²) in [7, 11) is 1.62. The van der Waals surface area contributed by atoms with Crippen LogP contribution in [0.3, 0.4) is 0 Å². The van der Waals surface area contributed by atoms with Gasteiger partial charge in [-0.15, -0.1) is 0 Å². The molecule has 0 unspecified atom stereocenters.